The second-order valence-electron chi connectivity index (χ2n) is 12.2. The molecule has 2 aromatic rings. The fraction of sp³-hybridized carbons (Fsp3) is 0.452. The topological polar surface area (TPSA) is 198 Å². The van der Waals surface area contributed by atoms with Gasteiger partial charge in [-0.2, -0.15) is 0 Å². The van der Waals surface area contributed by atoms with Crippen molar-refractivity contribution >= 4 is 17.5 Å². The minimum absolute atomic E-state index is 0.157. The molecule has 3 aliphatic carbocycles. The summed E-state index contributed by atoms with van der Waals surface area (Å²) in [7, 11) is 2.99. The molecule has 1 aliphatic heterocycles. The van der Waals surface area contributed by atoms with Crippen LogP contribution < -0.4 is 5.73 Å². The molecule has 2 heterocycles. The number of amides is 1. The second-order valence-corrected chi connectivity index (χ2v) is 12.2. The van der Waals surface area contributed by atoms with Gasteiger partial charge >= 0.3 is 0 Å². The van der Waals surface area contributed by atoms with Crippen molar-refractivity contribution in [2.24, 2.45) is 17.6 Å². The molecule has 43 heavy (non-hydrogen) atoms. The molecule has 6 atom stereocenters. The Kier molecular flexibility index (Phi) is 6.81. The molecule has 1 fully saturated rings. The van der Waals surface area contributed by atoms with E-state index in [0.29, 0.717) is 23.6 Å². The fourth-order valence-electron chi connectivity index (χ4n) is 7.59. The summed E-state index contributed by atoms with van der Waals surface area (Å²) >= 11 is 0. The Morgan fingerprint density at radius 3 is 2.42 bits per heavy atom. The van der Waals surface area contributed by atoms with Crippen LogP contribution in [0, 0.1) is 11.8 Å². The van der Waals surface area contributed by atoms with E-state index in [1.54, 1.807) is 25.1 Å². The number of fused-ring (bicyclic) bond motifs is 3. The average molecular weight is 594 g/mol. The predicted molar refractivity (Wildman–Crippen MR) is 152 cm³/mol. The first-order valence-electron chi connectivity index (χ1n) is 14.3. The van der Waals surface area contributed by atoms with E-state index in [1.807, 2.05) is 6.07 Å². The maximum absolute atomic E-state index is 14.1. The molecular formula is C31H35N3O9. The van der Waals surface area contributed by atoms with Crippen molar-refractivity contribution in [1.82, 2.24) is 9.80 Å². The van der Waals surface area contributed by atoms with Gasteiger partial charge in [0.15, 0.2) is 11.4 Å². The first kappa shape index (κ1) is 29.1. The van der Waals surface area contributed by atoms with E-state index in [2.05, 4.69) is 4.90 Å². The lowest BCUT2D eigenvalue weighted by molar-refractivity contribution is -0.162. The van der Waals surface area contributed by atoms with Gasteiger partial charge in [0.05, 0.1) is 35.7 Å². The minimum Gasteiger partial charge on any atom is -0.510 e. The molecule has 1 aromatic carbocycles. The number of nitrogens with two attached hydrogens (primary N) is 1. The number of aromatic hydroxyl groups is 1. The van der Waals surface area contributed by atoms with Crippen molar-refractivity contribution in [3.63, 3.8) is 0 Å². The highest BCUT2D eigenvalue weighted by Gasteiger charge is 2.67. The van der Waals surface area contributed by atoms with Crippen molar-refractivity contribution in [3.05, 3.63) is 63.8 Å². The first-order valence-corrected chi connectivity index (χ1v) is 14.3. The largest absolute Gasteiger partial charge is 0.510 e. The van der Waals surface area contributed by atoms with Crippen molar-refractivity contribution < 1.29 is 44.3 Å². The minimum atomic E-state index is -2.96. The van der Waals surface area contributed by atoms with Gasteiger partial charge in [0.25, 0.3) is 5.91 Å². The molecule has 7 N–H and O–H groups in total. The Bertz CT molecular complexity index is 1620. The van der Waals surface area contributed by atoms with E-state index in [-0.39, 0.29) is 11.1 Å². The van der Waals surface area contributed by atoms with Gasteiger partial charge in [-0.1, -0.05) is 13.0 Å². The van der Waals surface area contributed by atoms with Gasteiger partial charge in [-0.15, -0.1) is 0 Å². The molecule has 228 valence electrons. The monoisotopic (exact) mass is 593 g/mol. The number of Topliss-reactive ketones (excluding diaryl/α,β-unsaturated/α-hetero) is 2. The van der Waals surface area contributed by atoms with Gasteiger partial charge in [-0.3, -0.25) is 24.2 Å². The molecule has 0 bridgehead atoms. The Hall–Kier alpha value is -3.97. The Morgan fingerprint density at radius 2 is 1.79 bits per heavy atom. The van der Waals surface area contributed by atoms with Crippen molar-refractivity contribution in [3.8, 4) is 17.1 Å². The number of hydrogen-bond acceptors (Lipinski definition) is 11. The van der Waals surface area contributed by atoms with E-state index in [9.17, 15) is 39.9 Å². The van der Waals surface area contributed by atoms with Crippen LogP contribution in [0.3, 0.4) is 0 Å². The molecule has 1 saturated heterocycles. The predicted octanol–water partition coefficient (Wildman–Crippen LogP) is 1.51. The van der Waals surface area contributed by atoms with Crippen LogP contribution in [0.25, 0.3) is 11.3 Å². The molecular weight excluding hydrogens is 558 g/mol. The van der Waals surface area contributed by atoms with Crippen molar-refractivity contribution in [2.45, 2.75) is 50.0 Å². The lowest BCUT2D eigenvalue weighted by Crippen LogP contribution is -2.68. The number of benzene rings is 1. The van der Waals surface area contributed by atoms with E-state index < -0.39 is 81.4 Å². The Labute approximate surface area is 247 Å². The molecule has 0 unspecified atom stereocenters. The zero-order chi connectivity index (χ0) is 31.1. The number of rotatable bonds is 5. The van der Waals surface area contributed by atoms with Crippen LogP contribution in [-0.2, 0) is 16.1 Å². The van der Waals surface area contributed by atoms with E-state index >= 15 is 0 Å². The van der Waals surface area contributed by atoms with Gasteiger partial charge in [0.1, 0.15) is 34.4 Å². The molecule has 12 nitrogen and oxygen atoms in total. The van der Waals surface area contributed by atoms with Crippen LogP contribution in [0.1, 0.15) is 47.4 Å². The number of carbonyl (C=O) groups excluding carboxylic acids is 3. The van der Waals surface area contributed by atoms with Crippen LogP contribution in [0.2, 0.25) is 0 Å². The standard InChI is InChI=1S/C31H35N3O9/c1-13-15-7-8-16(17-9-6-14(43-17)12-34-10-4-5-11-34)24(35)19(15)25(36)20-18(13)26(37)22-23(33(2)3)27(38)21(30(32)41)29(40)31(22,42)28(20)39/h6-9,13,18,22-23,26,35,37-39,42H,4-5,10-12H2,1-3H3,(H2,32,41)/t13-,18+,22+,23-,26-,31-/m0/s1. The van der Waals surface area contributed by atoms with Gasteiger partial charge in [-0.05, 0) is 69.7 Å². The third-order valence-corrected chi connectivity index (χ3v) is 9.64. The number of likely N-dealkylation sites (tertiary alicyclic amines) is 1. The molecule has 12 heteroatoms. The van der Waals surface area contributed by atoms with Gasteiger partial charge in [-0.25, -0.2) is 0 Å². The summed E-state index contributed by atoms with van der Waals surface area (Å²) in [5.41, 5.74) is 1.51. The number of hydrogen-bond donors (Lipinski definition) is 6. The number of carbonyl (C=O) groups is 3. The smallest absolute Gasteiger partial charge is 0.255 e. The number of ketones is 2. The summed E-state index contributed by atoms with van der Waals surface area (Å²) in [6.45, 7) is 4.25. The normalized spacial score (nSPS) is 31.0. The first-order chi connectivity index (χ1) is 20.3. The zero-order valence-electron chi connectivity index (χ0n) is 24.1. The Morgan fingerprint density at radius 1 is 1.12 bits per heavy atom. The molecule has 1 amide bonds. The van der Waals surface area contributed by atoms with E-state index in [4.69, 9.17) is 10.2 Å². The summed E-state index contributed by atoms with van der Waals surface area (Å²) in [6.07, 6.45) is 0.600. The van der Waals surface area contributed by atoms with Crippen molar-refractivity contribution in [1.29, 1.82) is 0 Å². The molecule has 4 aliphatic rings. The summed E-state index contributed by atoms with van der Waals surface area (Å²) in [4.78, 5) is 43.5. The lowest BCUT2D eigenvalue weighted by atomic mass is 9.55. The number of primary amides is 1. The third-order valence-electron chi connectivity index (χ3n) is 9.64. The number of aliphatic hydroxyl groups is 4. The van der Waals surface area contributed by atoms with Crippen molar-refractivity contribution in [2.75, 3.05) is 27.2 Å². The lowest BCUT2D eigenvalue weighted by Gasteiger charge is -2.53. The summed E-state index contributed by atoms with van der Waals surface area (Å²) < 4.78 is 6.01. The van der Waals surface area contributed by atoms with Crippen LogP contribution in [0.4, 0.5) is 0 Å². The molecule has 6 rings (SSSR count). The second kappa shape index (κ2) is 10.1. The quantitative estimate of drug-likeness (QED) is 0.275. The summed E-state index contributed by atoms with van der Waals surface area (Å²) in [5.74, 6) is -8.18. The zero-order valence-corrected chi connectivity index (χ0v) is 24.1. The molecule has 0 spiro atoms. The number of phenolic OH excluding ortho intramolecular Hbond substituents is 1. The Balaban J connectivity index is 1.48. The highest BCUT2D eigenvalue weighted by Crippen LogP contribution is 2.56. The molecule has 1 aromatic heterocycles. The number of furan rings is 1. The highest BCUT2D eigenvalue weighted by molar-refractivity contribution is 6.25. The van der Waals surface area contributed by atoms with Gasteiger partial charge < -0.3 is 35.7 Å². The van der Waals surface area contributed by atoms with Gasteiger partial charge in [0, 0.05) is 11.5 Å². The SMILES string of the molecule is C[C@H]1c2ccc(-c3ccc(CN4CCCC4)o3)c(O)c2C(=O)C2=C(O)[C@]3(O)C(=O)C(C(N)=O)=C(O)[C@@H](N(C)C)[C@@H]3[C@@H](O)[C@@H]21. The molecule has 0 radical (unpaired) electrons. The van der Waals surface area contributed by atoms with E-state index in [0.717, 1.165) is 25.9 Å². The number of nitrogens with zero attached hydrogens (tertiary/aromatic N) is 2. The van der Waals surface area contributed by atoms with E-state index in [1.165, 1.54) is 19.0 Å². The third kappa shape index (κ3) is 4.00. The van der Waals surface area contributed by atoms with Crippen LogP contribution in [-0.4, -0.2) is 97.7 Å². The van der Waals surface area contributed by atoms with Crippen LogP contribution in [0.15, 0.2) is 51.3 Å². The fourth-order valence-corrected chi connectivity index (χ4v) is 7.59. The highest BCUT2D eigenvalue weighted by atomic mass is 16.4. The molecule has 0 saturated carbocycles. The van der Waals surface area contributed by atoms with Gasteiger partial charge in [0.2, 0.25) is 5.78 Å². The van der Waals surface area contributed by atoms with Crippen LogP contribution in [0.5, 0.6) is 5.75 Å². The number of likely N-dealkylation sites (N-methyl/N-ethyl adjacent to an activating group) is 1. The maximum Gasteiger partial charge on any atom is 0.255 e. The summed E-state index contributed by atoms with van der Waals surface area (Å²) in [5, 5.41) is 57.5. The number of phenols is 1. The maximum atomic E-state index is 14.1. The van der Waals surface area contributed by atoms with Crippen LogP contribution >= 0.6 is 0 Å². The number of aliphatic hydroxyl groups excluding tert-OH is 3. The average Bonchev–Trinajstić information content (AvgIpc) is 3.63. The summed E-state index contributed by atoms with van der Waals surface area (Å²) in [6, 6.07) is 5.47.